The summed E-state index contributed by atoms with van der Waals surface area (Å²) in [6.07, 6.45) is 3.20. The average molecular weight is 546 g/mol. The Morgan fingerprint density at radius 2 is 1.87 bits per heavy atom. The van der Waals surface area contributed by atoms with Gasteiger partial charge in [-0.3, -0.25) is 14.8 Å². The zero-order valence-electron chi connectivity index (χ0n) is 22.6. The number of fused-ring (bicyclic) bond motifs is 1. The number of anilines is 1. The number of pyridine rings is 1. The Hall–Kier alpha value is -3.85. The number of unbranched alkanes of at least 4 members (excludes halogenated alkanes) is 1. The molecule has 0 unspecified atom stereocenters. The second kappa shape index (κ2) is 13.3. The van der Waals surface area contributed by atoms with Crippen LogP contribution in [0.2, 0.25) is 0 Å². The minimum atomic E-state index is -0.608. The van der Waals surface area contributed by atoms with Gasteiger partial charge in [0.1, 0.15) is 17.5 Å². The highest BCUT2D eigenvalue weighted by Crippen LogP contribution is 2.23. The number of nitrogens with zero attached hydrogens (tertiary/aromatic N) is 2. The van der Waals surface area contributed by atoms with E-state index in [0.29, 0.717) is 37.2 Å². The average Bonchev–Trinajstić information content (AvgIpc) is 2.92. The number of aromatic nitrogens is 1. The zero-order valence-corrected chi connectivity index (χ0v) is 23.4. The lowest BCUT2D eigenvalue weighted by Crippen LogP contribution is -2.34. The van der Waals surface area contributed by atoms with E-state index in [4.69, 9.17) is 9.73 Å². The van der Waals surface area contributed by atoms with Gasteiger partial charge in [0.25, 0.3) is 0 Å². The summed E-state index contributed by atoms with van der Waals surface area (Å²) in [5, 5.41) is 12.3. The Balaban J connectivity index is 1.44. The Kier molecular flexibility index (Phi) is 9.59. The summed E-state index contributed by atoms with van der Waals surface area (Å²) in [7, 11) is 0. The fourth-order valence-electron chi connectivity index (χ4n) is 4.08. The van der Waals surface area contributed by atoms with Crippen LogP contribution in [0, 0.1) is 0 Å². The number of hydrogen-bond acceptors (Lipinski definition) is 6. The van der Waals surface area contributed by atoms with E-state index >= 15 is 0 Å². The fraction of sp³-hybridized carbons (Fsp3) is 0.333. The highest BCUT2D eigenvalue weighted by Gasteiger charge is 2.21. The minimum Gasteiger partial charge on any atom is -0.444 e. The van der Waals surface area contributed by atoms with Crippen LogP contribution < -0.4 is 16.0 Å². The standard InChI is InChI=1S/C30H35N5O3S/c1-30(2,3)38-29(37)32-17-8-7-15-24(28(36)35-23-16-9-13-22-14-10-18-31-27(22)23)33-26-20-39-19-25(34-26)21-11-5-4-6-12-21/h4-6,9-14,16,18-19,24H,7-8,15,17,20H2,1-3H3,(H,32,37)(H,33,34)(H,35,36)/t24-/m0/s1. The molecular formula is C30H35N5O3S. The van der Waals surface area contributed by atoms with Crippen LogP contribution in [0.1, 0.15) is 45.6 Å². The molecule has 1 atom stereocenters. The van der Waals surface area contributed by atoms with Gasteiger partial charge >= 0.3 is 6.09 Å². The normalized spacial score (nSPS) is 15.3. The number of alkyl carbamates (subject to hydrolysis) is 1. The number of nitrogens with one attached hydrogen (secondary N) is 3. The lowest BCUT2D eigenvalue weighted by atomic mass is 10.1. The van der Waals surface area contributed by atoms with Crippen LogP contribution >= 0.6 is 11.8 Å². The monoisotopic (exact) mass is 545 g/mol. The van der Waals surface area contributed by atoms with Crippen LogP contribution in [-0.4, -0.2) is 46.8 Å². The predicted octanol–water partition coefficient (Wildman–Crippen LogP) is 5.97. The number of para-hydroxylation sites is 1. The van der Waals surface area contributed by atoms with E-state index in [-0.39, 0.29) is 5.91 Å². The predicted molar refractivity (Wildman–Crippen MR) is 160 cm³/mol. The molecule has 9 heteroatoms. The molecule has 2 amide bonds. The number of rotatable bonds is 9. The van der Waals surface area contributed by atoms with Crippen molar-refractivity contribution in [1.82, 2.24) is 15.6 Å². The number of thioether (sulfide) groups is 1. The molecule has 39 heavy (non-hydrogen) atoms. The summed E-state index contributed by atoms with van der Waals surface area (Å²) in [6, 6.07) is 19.0. The van der Waals surface area contributed by atoms with Gasteiger partial charge < -0.3 is 20.7 Å². The van der Waals surface area contributed by atoms with Gasteiger partial charge in [-0.1, -0.05) is 48.5 Å². The van der Waals surface area contributed by atoms with Gasteiger partial charge in [-0.25, -0.2) is 4.79 Å². The first-order valence-corrected chi connectivity index (χ1v) is 14.2. The lowest BCUT2D eigenvalue weighted by molar-refractivity contribution is -0.117. The number of hydrogen-bond donors (Lipinski definition) is 3. The Morgan fingerprint density at radius 3 is 2.67 bits per heavy atom. The van der Waals surface area contributed by atoms with Crippen LogP contribution in [0.4, 0.5) is 10.5 Å². The molecule has 0 fully saturated rings. The molecule has 0 saturated heterocycles. The van der Waals surface area contributed by atoms with Crippen molar-refractivity contribution in [3.63, 3.8) is 0 Å². The minimum absolute atomic E-state index is 0.191. The zero-order chi connectivity index (χ0) is 27.7. The molecular weight excluding hydrogens is 510 g/mol. The number of ether oxygens (including phenoxy) is 1. The van der Waals surface area contributed by atoms with E-state index in [1.165, 1.54) is 0 Å². The Bertz CT molecular complexity index is 1350. The Morgan fingerprint density at radius 1 is 1.08 bits per heavy atom. The van der Waals surface area contributed by atoms with Crippen LogP contribution in [0.25, 0.3) is 16.6 Å². The number of carbonyl (C=O) groups excluding carboxylic acids is 2. The molecule has 8 nitrogen and oxygen atoms in total. The van der Waals surface area contributed by atoms with E-state index in [1.54, 1.807) is 18.0 Å². The third-order valence-corrected chi connectivity index (χ3v) is 6.70. The van der Waals surface area contributed by atoms with E-state index in [9.17, 15) is 9.59 Å². The quantitative estimate of drug-likeness (QED) is 0.286. The van der Waals surface area contributed by atoms with E-state index in [2.05, 4.69) is 26.3 Å². The first-order valence-electron chi connectivity index (χ1n) is 13.1. The lowest BCUT2D eigenvalue weighted by Gasteiger charge is -2.21. The van der Waals surface area contributed by atoms with Crippen molar-refractivity contribution in [3.05, 3.63) is 77.8 Å². The fourth-order valence-corrected chi connectivity index (χ4v) is 4.83. The van der Waals surface area contributed by atoms with Crippen LogP contribution in [0.3, 0.4) is 0 Å². The van der Waals surface area contributed by atoms with Gasteiger partial charge in [0.05, 0.1) is 22.7 Å². The molecule has 2 heterocycles. The van der Waals surface area contributed by atoms with Crippen LogP contribution in [0.5, 0.6) is 0 Å². The van der Waals surface area contributed by atoms with Crippen molar-refractivity contribution in [3.8, 4) is 0 Å². The van der Waals surface area contributed by atoms with Gasteiger partial charge in [0.2, 0.25) is 5.91 Å². The largest absolute Gasteiger partial charge is 0.444 e. The van der Waals surface area contributed by atoms with Crippen molar-refractivity contribution < 1.29 is 14.3 Å². The Labute approximate surface area is 233 Å². The van der Waals surface area contributed by atoms with Gasteiger partial charge in [-0.05, 0) is 63.1 Å². The van der Waals surface area contributed by atoms with Gasteiger partial charge in [-0.2, -0.15) is 0 Å². The van der Waals surface area contributed by atoms with Crippen molar-refractivity contribution in [2.24, 2.45) is 4.99 Å². The molecule has 1 aromatic heterocycles. The molecule has 3 N–H and O–H groups in total. The van der Waals surface area contributed by atoms with E-state index < -0.39 is 17.7 Å². The molecule has 0 aliphatic carbocycles. The van der Waals surface area contributed by atoms with Crippen LogP contribution in [0.15, 0.2) is 77.3 Å². The highest BCUT2D eigenvalue weighted by molar-refractivity contribution is 8.03. The number of carbonyl (C=O) groups is 2. The number of amidine groups is 1. The maximum absolute atomic E-state index is 13.5. The summed E-state index contributed by atoms with van der Waals surface area (Å²) in [5.74, 6) is 1.21. The molecule has 204 valence electrons. The molecule has 0 bridgehead atoms. The third-order valence-electron chi connectivity index (χ3n) is 5.86. The highest BCUT2D eigenvalue weighted by atomic mass is 32.2. The van der Waals surface area contributed by atoms with Gasteiger partial charge in [0.15, 0.2) is 0 Å². The van der Waals surface area contributed by atoms with Crippen molar-refractivity contribution in [2.75, 3.05) is 17.6 Å². The second-order valence-electron chi connectivity index (χ2n) is 10.2. The maximum Gasteiger partial charge on any atom is 0.407 e. The first kappa shape index (κ1) is 28.2. The van der Waals surface area contributed by atoms with Crippen molar-refractivity contribution in [2.45, 2.75) is 51.7 Å². The van der Waals surface area contributed by atoms with Crippen LogP contribution in [-0.2, 0) is 9.53 Å². The molecule has 2 aromatic carbocycles. The summed E-state index contributed by atoms with van der Waals surface area (Å²) < 4.78 is 5.29. The number of amides is 2. The van der Waals surface area contributed by atoms with Gasteiger partial charge in [-0.15, -0.1) is 11.8 Å². The third kappa shape index (κ3) is 8.58. The molecule has 3 aromatic rings. The molecule has 1 aliphatic rings. The van der Waals surface area contributed by atoms with E-state index in [1.807, 2.05) is 81.4 Å². The second-order valence-corrected chi connectivity index (χ2v) is 11.1. The topological polar surface area (TPSA) is 105 Å². The molecule has 0 radical (unpaired) electrons. The van der Waals surface area contributed by atoms with E-state index in [0.717, 1.165) is 28.0 Å². The van der Waals surface area contributed by atoms with Crippen molar-refractivity contribution in [1.29, 1.82) is 0 Å². The maximum atomic E-state index is 13.5. The van der Waals surface area contributed by atoms with Crippen molar-refractivity contribution >= 4 is 51.9 Å². The summed E-state index contributed by atoms with van der Waals surface area (Å²) in [4.78, 5) is 34.8. The molecule has 1 aliphatic heterocycles. The van der Waals surface area contributed by atoms with Gasteiger partial charge in [0, 0.05) is 18.1 Å². The SMILES string of the molecule is CC(C)(C)OC(=O)NCCCC[C@H](N=C1CSC=C(c2ccccc2)N1)C(=O)Nc1cccc2cccnc12. The number of benzene rings is 2. The summed E-state index contributed by atoms with van der Waals surface area (Å²) in [6.45, 7) is 5.95. The summed E-state index contributed by atoms with van der Waals surface area (Å²) >= 11 is 1.65. The summed E-state index contributed by atoms with van der Waals surface area (Å²) in [5.41, 5.74) is 2.88. The molecule has 0 spiro atoms. The molecule has 4 rings (SSSR count). The first-order chi connectivity index (χ1) is 18.8. The smallest absolute Gasteiger partial charge is 0.407 e. The number of aliphatic imine (C=N–C) groups is 1. The molecule has 0 saturated carbocycles.